The van der Waals surface area contributed by atoms with Crippen LogP contribution < -0.4 is 5.73 Å². The summed E-state index contributed by atoms with van der Waals surface area (Å²) in [6.45, 7) is 0. The molecule has 96 valence electrons. The number of nitrogen functional groups attached to an aromatic ring is 1. The van der Waals surface area contributed by atoms with Crippen molar-refractivity contribution >= 4 is 62.9 Å². The van der Waals surface area contributed by atoms with Gasteiger partial charge in [-0.15, -0.1) is 11.3 Å². The van der Waals surface area contributed by atoms with E-state index in [1.807, 2.05) is 6.07 Å². The van der Waals surface area contributed by atoms with Gasteiger partial charge in [0.05, 0.1) is 19.8 Å². The predicted octanol–water partition coefficient (Wildman–Crippen LogP) is 4.90. The van der Waals surface area contributed by atoms with E-state index in [1.54, 1.807) is 18.2 Å². The average Bonchev–Trinajstić information content (AvgIpc) is 2.77. The zero-order valence-corrected chi connectivity index (χ0v) is 12.4. The fourth-order valence-corrected chi connectivity index (χ4v) is 3.24. The molecular formula is C12H6Cl3N3S. The summed E-state index contributed by atoms with van der Waals surface area (Å²) in [6, 6.07) is 6.96. The lowest BCUT2D eigenvalue weighted by atomic mass is 10.2. The minimum atomic E-state index is 0.342. The lowest BCUT2D eigenvalue weighted by Crippen LogP contribution is -1.97. The van der Waals surface area contributed by atoms with Crippen LogP contribution in [0.5, 0.6) is 0 Å². The summed E-state index contributed by atoms with van der Waals surface area (Å²) >= 11 is 19.4. The van der Waals surface area contributed by atoms with Gasteiger partial charge in [0.15, 0.2) is 5.82 Å². The van der Waals surface area contributed by atoms with E-state index in [4.69, 9.17) is 40.5 Å². The Kier molecular flexibility index (Phi) is 3.27. The third-order valence-corrected chi connectivity index (χ3v) is 4.28. The Morgan fingerprint density at radius 1 is 1.05 bits per heavy atom. The Morgan fingerprint density at radius 2 is 1.84 bits per heavy atom. The standard InChI is InChI=1S/C12H6Cl3N3S/c13-5-3-6-10(7(14)4-5)17-12(18-11(6)16)8-1-2-9(15)19-8/h1-4H,(H2,16,17,18). The van der Waals surface area contributed by atoms with Crippen molar-refractivity contribution in [1.29, 1.82) is 0 Å². The highest BCUT2D eigenvalue weighted by molar-refractivity contribution is 7.19. The van der Waals surface area contributed by atoms with Crippen LogP contribution in [0.1, 0.15) is 0 Å². The highest BCUT2D eigenvalue weighted by Crippen LogP contribution is 2.34. The molecule has 0 unspecified atom stereocenters. The molecule has 3 nitrogen and oxygen atoms in total. The van der Waals surface area contributed by atoms with Crippen LogP contribution in [0.2, 0.25) is 14.4 Å². The van der Waals surface area contributed by atoms with Gasteiger partial charge in [-0.25, -0.2) is 9.97 Å². The quantitative estimate of drug-likeness (QED) is 0.690. The molecule has 0 aliphatic heterocycles. The Balaban J connectivity index is 2.30. The summed E-state index contributed by atoms with van der Waals surface area (Å²) in [4.78, 5) is 9.54. The van der Waals surface area contributed by atoms with Gasteiger partial charge in [-0.1, -0.05) is 34.8 Å². The van der Waals surface area contributed by atoms with Gasteiger partial charge < -0.3 is 5.73 Å². The fraction of sp³-hybridized carbons (Fsp3) is 0. The third kappa shape index (κ3) is 2.37. The maximum absolute atomic E-state index is 6.15. The fourth-order valence-electron chi connectivity index (χ4n) is 1.72. The van der Waals surface area contributed by atoms with E-state index in [1.165, 1.54) is 11.3 Å². The third-order valence-electron chi connectivity index (χ3n) is 2.54. The molecule has 0 atom stereocenters. The summed E-state index contributed by atoms with van der Waals surface area (Å²) in [5.74, 6) is 0.847. The van der Waals surface area contributed by atoms with Crippen LogP contribution in [-0.4, -0.2) is 9.97 Å². The van der Waals surface area contributed by atoms with Crippen LogP contribution in [0.3, 0.4) is 0 Å². The predicted molar refractivity (Wildman–Crippen MR) is 82.3 cm³/mol. The van der Waals surface area contributed by atoms with E-state index < -0.39 is 0 Å². The molecule has 2 heterocycles. The molecule has 0 amide bonds. The van der Waals surface area contributed by atoms with Crippen molar-refractivity contribution in [2.45, 2.75) is 0 Å². The van der Waals surface area contributed by atoms with E-state index in [2.05, 4.69) is 9.97 Å². The van der Waals surface area contributed by atoms with Crippen LogP contribution in [0, 0.1) is 0 Å². The molecule has 2 N–H and O–H groups in total. The van der Waals surface area contributed by atoms with E-state index >= 15 is 0 Å². The number of thiophene rings is 1. The van der Waals surface area contributed by atoms with E-state index in [0.29, 0.717) is 36.9 Å². The van der Waals surface area contributed by atoms with Gasteiger partial charge >= 0.3 is 0 Å². The first-order chi connectivity index (χ1) is 9.04. The molecule has 0 bridgehead atoms. The van der Waals surface area contributed by atoms with Gasteiger partial charge in [0, 0.05) is 10.4 Å². The van der Waals surface area contributed by atoms with Crippen molar-refractivity contribution in [3.05, 3.63) is 38.6 Å². The summed E-state index contributed by atoms with van der Waals surface area (Å²) in [5, 5.41) is 1.59. The molecule has 0 aliphatic rings. The number of hydrogen-bond donors (Lipinski definition) is 1. The zero-order valence-electron chi connectivity index (χ0n) is 9.32. The number of nitrogens with two attached hydrogens (primary N) is 1. The molecule has 7 heteroatoms. The highest BCUT2D eigenvalue weighted by atomic mass is 35.5. The van der Waals surface area contributed by atoms with Crippen molar-refractivity contribution in [2.75, 3.05) is 5.73 Å². The molecular weight excluding hydrogens is 325 g/mol. The van der Waals surface area contributed by atoms with Gasteiger partial charge in [-0.05, 0) is 24.3 Å². The Labute approximate surface area is 127 Å². The molecule has 0 saturated carbocycles. The smallest absolute Gasteiger partial charge is 0.172 e. The van der Waals surface area contributed by atoms with E-state index in [0.717, 1.165) is 4.88 Å². The molecule has 1 aromatic carbocycles. The van der Waals surface area contributed by atoms with Crippen molar-refractivity contribution in [3.8, 4) is 10.7 Å². The number of aromatic nitrogens is 2. The van der Waals surface area contributed by atoms with Crippen molar-refractivity contribution < 1.29 is 0 Å². The number of fused-ring (bicyclic) bond motifs is 1. The maximum atomic E-state index is 6.15. The van der Waals surface area contributed by atoms with Crippen molar-refractivity contribution in [1.82, 2.24) is 9.97 Å². The van der Waals surface area contributed by atoms with Crippen molar-refractivity contribution in [3.63, 3.8) is 0 Å². The second-order valence-electron chi connectivity index (χ2n) is 3.82. The summed E-state index contributed by atoms with van der Waals surface area (Å²) in [6.07, 6.45) is 0. The number of benzene rings is 1. The van der Waals surface area contributed by atoms with Crippen LogP contribution in [-0.2, 0) is 0 Å². The molecule has 0 spiro atoms. The van der Waals surface area contributed by atoms with Crippen LogP contribution >= 0.6 is 46.1 Å². The van der Waals surface area contributed by atoms with Gasteiger partial charge in [0.2, 0.25) is 0 Å². The maximum Gasteiger partial charge on any atom is 0.172 e. The zero-order chi connectivity index (χ0) is 13.6. The number of anilines is 1. The van der Waals surface area contributed by atoms with Gasteiger partial charge in [-0.2, -0.15) is 0 Å². The second-order valence-corrected chi connectivity index (χ2v) is 6.38. The van der Waals surface area contributed by atoms with Crippen LogP contribution in [0.15, 0.2) is 24.3 Å². The monoisotopic (exact) mass is 329 g/mol. The molecule has 2 aromatic heterocycles. The Bertz CT molecular complexity index is 785. The second kappa shape index (κ2) is 4.80. The van der Waals surface area contributed by atoms with Crippen LogP contribution in [0.25, 0.3) is 21.6 Å². The minimum Gasteiger partial charge on any atom is -0.383 e. The molecule has 0 fully saturated rings. The van der Waals surface area contributed by atoms with Gasteiger partial charge in [-0.3, -0.25) is 0 Å². The minimum absolute atomic E-state index is 0.342. The topological polar surface area (TPSA) is 51.8 Å². The molecule has 0 aliphatic carbocycles. The molecule has 19 heavy (non-hydrogen) atoms. The highest BCUT2D eigenvalue weighted by Gasteiger charge is 2.12. The first-order valence-corrected chi connectivity index (χ1v) is 7.17. The number of rotatable bonds is 1. The first kappa shape index (κ1) is 12.9. The average molecular weight is 331 g/mol. The molecule has 3 rings (SSSR count). The van der Waals surface area contributed by atoms with Crippen LogP contribution in [0.4, 0.5) is 5.82 Å². The SMILES string of the molecule is Nc1nc(-c2ccc(Cl)s2)nc2c(Cl)cc(Cl)cc12. The molecule has 0 saturated heterocycles. The first-order valence-electron chi connectivity index (χ1n) is 5.22. The van der Waals surface area contributed by atoms with E-state index in [9.17, 15) is 0 Å². The van der Waals surface area contributed by atoms with E-state index in [-0.39, 0.29) is 0 Å². The summed E-state index contributed by atoms with van der Waals surface area (Å²) < 4.78 is 0.666. The van der Waals surface area contributed by atoms with Gasteiger partial charge in [0.1, 0.15) is 5.82 Å². The largest absolute Gasteiger partial charge is 0.383 e. The number of hydrogen-bond acceptors (Lipinski definition) is 4. The Hall–Kier alpha value is -1.07. The lowest BCUT2D eigenvalue weighted by Gasteiger charge is -2.06. The normalized spacial score (nSPS) is 11.1. The molecule has 0 radical (unpaired) electrons. The Morgan fingerprint density at radius 3 is 2.53 bits per heavy atom. The van der Waals surface area contributed by atoms with Gasteiger partial charge in [0.25, 0.3) is 0 Å². The number of halogens is 3. The van der Waals surface area contributed by atoms with Crippen molar-refractivity contribution in [2.24, 2.45) is 0 Å². The molecule has 3 aromatic rings. The summed E-state index contributed by atoms with van der Waals surface area (Å²) in [5.41, 5.74) is 6.52. The summed E-state index contributed by atoms with van der Waals surface area (Å²) in [7, 11) is 0. The number of nitrogens with zero attached hydrogens (tertiary/aromatic N) is 2. The lowest BCUT2D eigenvalue weighted by molar-refractivity contribution is 1.25.